The van der Waals surface area contributed by atoms with Crippen LogP contribution in [0.25, 0.3) is 0 Å². The quantitative estimate of drug-likeness (QED) is 0.800. The summed E-state index contributed by atoms with van der Waals surface area (Å²) < 4.78 is 25.2. The minimum atomic E-state index is -3.89. The highest BCUT2D eigenvalue weighted by molar-refractivity contribution is 7.89. The van der Waals surface area contributed by atoms with E-state index in [0.717, 1.165) is 13.0 Å². The first-order valence-electron chi connectivity index (χ1n) is 7.53. The first-order valence-corrected chi connectivity index (χ1v) is 9.07. The van der Waals surface area contributed by atoms with E-state index >= 15 is 0 Å². The second-order valence-electron chi connectivity index (χ2n) is 5.58. The molecule has 1 heterocycles. The van der Waals surface area contributed by atoms with Crippen LogP contribution in [-0.4, -0.2) is 29.1 Å². The van der Waals surface area contributed by atoms with Crippen LogP contribution in [0.5, 0.6) is 0 Å². The number of aryl methyl sites for hydroxylation is 2. The minimum absolute atomic E-state index is 0.0400. The smallest absolute Gasteiger partial charge is 0.251 e. The van der Waals surface area contributed by atoms with Crippen LogP contribution >= 0.6 is 0 Å². The summed E-state index contributed by atoms with van der Waals surface area (Å²) in [6.07, 6.45) is 2.54. The molecule has 2 rings (SSSR count). The van der Waals surface area contributed by atoms with E-state index in [4.69, 9.17) is 5.14 Å². The predicted molar refractivity (Wildman–Crippen MR) is 88.8 cm³/mol. The largest absolute Gasteiger partial charge is 0.345 e. The summed E-state index contributed by atoms with van der Waals surface area (Å²) in [4.78, 5) is 12.3. The van der Waals surface area contributed by atoms with E-state index < -0.39 is 15.9 Å². The van der Waals surface area contributed by atoms with Gasteiger partial charge in [0.15, 0.2) is 5.82 Å². The summed E-state index contributed by atoms with van der Waals surface area (Å²) in [5.74, 6) is 0.245. The summed E-state index contributed by atoms with van der Waals surface area (Å²) in [7, 11) is -3.89. The van der Waals surface area contributed by atoms with Crippen LogP contribution < -0.4 is 10.5 Å². The van der Waals surface area contributed by atoms with Gasteiger partial charge in [-0.2, -0.15) is 0 Å². The number of sulfonamides is 1. The van der Waals surface area contributed by atoms with Gasteiger partial charge in [0, 0.05) is 12.1 Å². The van der Waals surface area contributed by atoms with Gasteiger partial charge >= 0.3 is 0 Å². The maximum Gasteiger partial charge on any atom is 0.251 e. The van der Waals surface area contributed by atoms with Crippen molar-refractivity contribution in [3.63, 3.8) is 0 Å². The van der Waals surface area contributed by atoms with Gasteiger partial charge in [-0.15, -0.1) is 10.2 Å². The molecule has 0 aliphatic rings. The molecule has 0 saturated carbocycles. The minimum Gasteiger partial charge on any atom is -0.345 e. The Morgan fingerprint density at radius 3 is 2.67 bits per heavy atom. The molecule has 0 aliphatic heterocycles. The molecule has 0 atom stereocenters. The van der Waals surface area contributed by atoms with Crippen LogP contribution in [0, 0.1) is 13.8 Å². The Hall–Kier alpha value is -2.26. The molecule has 8 nitrogen and oxygen atoms in total. The monoisotopic (exact) mass is 351 g/mol. The second-order valence-corrected chi connectivity index (χ2v) is 7.11. The molecule has 1 aromatic carbocycles. The number of rotatable bonds is 6. The van der Waals surface area contributed by atoms with Gasteiger partial charge in [0.25, 0.3) is 5.91 Å². The van der Waals surface area contributed by atoms with Gasteiger partial charge in [-0.05, 0) is 43.5 Å². The van der Waals surface area contributed by atoms with Crippen LogP contribution in [0.15, 0.2) is 23.4 Å². The molecule has 1 aromatic heterocycles. The molecule has 130 valence electrons. The molecule has 0 spiro atoms. The maximum atomic E-state index is 12.3. The Kier molecular flexibility index (Phi) is 5.35. The van der Waals surface area contributed by atoms with Crippen molar-refractivity contribution in [2.24, 2.45) is 5.14 Å². The highest BCUT2D eigenvalue weighted by atomic mass is 32.2. The number of nitrogens with one attached hydrogen (secondary N) is 1. The third-order valence-electron chi connectivity index (χ3n) is 3.76. The summed E-state index contributed by atoms with van der Waals surface area (Å²) >= 11 is 0. The van der Waals surface area contributed by atoms with Crippen molar-refractivity contribution < 1.29 is 13.2 Å². The van der Waals surface area contributed by atoms with Crippen molar-refractivity contribution in [1.82, 2.24) is 20.1 Å². The van der Waals surface area contributed by atoms with Gasteiger partial charge < -0.3 is 9.88 Å². The lowest BCUT2D eigenvalue weighted by Crippen LogP contribution is -2.25. The molecule has 0 fully saturated rings. The Morgan fingerprint density at radius 1 is 1.33 bits per heavy atom. The Labute approximate surface area is 141 Å². The number of nitrogens with two attached hydrogens (primary N) is 1. The van der Waals surface area contributed by atoms with Gasteiger partial charge in [0.1, 0.15) is 6.33 Å². The van der Waals surface area contributed by atoms with E-state index in [0.29, 0.717) is 17.0 Å². The number of hydrogen-bond donors (Lipinski definition) is 2. The third kappa shape index (κ3) is 3.98. The summed E-state index contributed by atoms with van der Waals surface area (Å²) in [5, 5.41) is 15.7. The number of hydrogen-bond acceptors (Lipinski definition) is 5. The number of carbonyl (C=O) groups is 1. The number of carbonyl (C=O) groups excluding carboxylic acids is 1. The highest BCUT2D eigenvalue weighted by Crippen LogP contribution is 2.20. The molecular formula is C15H21N5O3S. The fourth-order valence-corrected chi connectivity index (χ4v) is 3.24. The maximum absolute atomic E-state index is 12.3. The van der Waals surface area contributed by atoms with E-state index in [-0.39, 0.29) is 17.0 Å². The van der Waals surface area contributed by atoms with Gasteiger partial charge in [-0.3, -0.25) is 4.79 Å². The zero-order valence-electron chi connectivity index (χ0n) is 13.9. The summed E-state index contributed by atoms with van der Waals surface area (Å²) in [6.45, 7) is 6.39. The lowest BCUT2D eigenvalue weighted by molar-refractivity contribution is 0.0949. The topological polar surface area (TPSA) is 120 Å². The summed E-state index contributed by atoms with van der Waals surface area (Å²) in [6, 6.07) is 2.93. The zero-order chi connectivity index (χ0) is 17.9. The van der Waals surface area contributed by atoms with Crippen LogP contribution in [0.2, 0.25) is 0 Å². The molecule has 0 radical (unpaired) electrons. The van der Waals surface area contributed by atoms with Crippen molar-refractivity contribution in [3.05, 3.63) is 41.0 Å². The normalized spacial score (nSPS) is 11.5. The Morgan fingerprint density at radius 2 is 2.04 bits per heavy atom. The molecule has 0 aliphatic carbocycles. The molecule has 9 heteroatoms. The third-order valence-corrected chi connectivity index (χ3v) is 4.79. The lowest BCUT2D eigenvalue weighted by Gasteiger charge is -2.11. The van der Waals surface area contributed by atoms with Gasteiger partial charge in [-0.25, -0.2) is 13.6 Å². The summed E-state index contributed by atoms with van der Waals surface area (Å²) in [5.41, 5.74) is 1.46. The lowest BCUT2D eigenvalue weighted by atomic mass is 10.1. The first-order chi connectivity index (χ1) is 11.2. The first kappa shape index (κ1) is 18.1. The van der Waals surface area contributed by atoms with Crippen LogP contribution in [0.1, 0.15) is 40.7 Å². The van der Waals surface area contributed by atoms with Crippen molar-refractivity contribution in [2.45, 2.75) is 45.2 Å². The molecular weight excluding hydrogens is 330 g/mol. The van der Waals surface area contributed by atoms with Crippen molar-refractivity contribution in [2.75, 3.05) is 0 Å². The van der Waals surface area contributed by atoms with E-state index in [1.54, 1.807) is 26.2 Å². The van der Waals surface area contributed by atoms with Gasteiger partial charge in [0.2, 0.25) is 10.0 Å². The highest BCUT2D eigenvalue weighted by Gasteiger charge is 2.17. The Bertz CT molecular complexity index is 858. The molecule has 24 heavy (non-hydrogen) atoms. The van der Waals surface area contributed by atoms with Crippen LogP contribution in [-0.2, 0) is 23.1 Å². The average molecular weight is 351 g/mol. The number of amides is 1. The fraction of sp³-hybridized carbons (Fsp3) is 0.400. The molecule has 1 amide bonds. The fourth-order valence-electron chi connectivity index (χ4n) is 2.36. The molecule has 0 bridgehead atoms. The van der Waals surface area contributed by atoms with Crippen LogP contribution in [0.3, 0.4) is 0 Å². The molecule has 2 aromatic rings. The van der Waals surface area contributed by atoms with E-state index in [1.165, 1.54) is 6.07 Å². The van der Waals surface area contributed by atoms with Gasteiger partial charge in [-0.1, -0.05) is 6.92 Å². The number of benzene rings is 1. The zero-order valence-corrected chi connectivity index (χ0v) is 14.7. The average Bonchev–Trinajstić information content (AvgIpc) is 2.94. The molecule has 3 N–H and O–H groups in total. The van der Waals surface area contributed by atoms with Crippen molar-refractivity contribution in [1.29, 1.82) is 0 Å². The number of primary sulfonamides is 1. The standard InChI is InChI=1S/C15H21N5O3S/c1-4-5-20-9-18-19-14(20)8-17-15(21)12-6-10(2)11(3)13(7-12)24(16,22)23/h6-7,9H,4-5,8H2,1-3H3,(H,17,21)(H2,16,22,23). The van der Waals surface area contributed by atoms with E-state index in [2.05, 4.69) is 15.5 Å². The van der Waals surface area contributed by atoms with E-state index in [1.807, 2.05) is 11.5 Å². The number of nitrogens with zero attached hydrogens (tertiary/aromatic N) is 3. The van der Waals surface area contributed by atoms with Crippen LogP contribution in [0.4, 0.5) is 0 Å². The van der Waals surface area contributed by atoms with Crippen molar-refractivity contribution >= 4 is 15.9 Å². The Balaban J connectivity index is 2.21. The van der Waals surface area contributed by atoms with Gasteiger partial charge in [0.05, 0.1) is 11.4 Å². The van der Waals surface area contributed by atoms with Crippen molar-refractivity contribution in [3.8, 4) is 0 Å². The second kappa shape index (κ2) is 7.10. The number of aromatic nitrogens is 3. The predicted octanol–water partition coefficient (Wildman–Crippen LogP) is 0.882. The molecule has 0 saturated heterocycles. The SMILES string of the molecule is CCCn1cnnc1CNC(=O)c1cc(C)c(C)c(S(N)(=O)=O)c1. The molecule has 0 unspecified atom stereocenters. The van der Waals surface area contributed by atoms with E-state index in [9.17, 15) is 13.2 Å².